The molecule has 0 saturated carbocycles. The third-order valence-corrected chi connectivity index (χ3v) is 4.83. The van der Waals surface area contributed by atoms with E-state index >= 15 is 0 Å². The maximum atomic E-state index is 13.5. The van der Waals surface area contributed by atoms with Crippen LogP contribution in [-0.2, 0) is 17.9 Å². The summed E-state index contributed by atoms with van der Waals surface area (Å²) in [4.78, 5) is 14.6. The summed E-state index contributed by atoms with van der Waals surface area (Å²) >= 11 is 0. The van der Waals surface area contributed by atoms with Gasteiger partial charge in [0.05, 0.1) is 6.61 Å². The molecular weight excluding hydrogens is 343 g/mol. The first-order chi connectivity index (χ1) is 13.2. The van der Waals surface area contributed by atoms with Crippen LogP contribution in [0.2, 0.25) is 0 Å². The molecule has 0 bridgehead atoms. The number of hydrogen-bond acceptors (Lipinski definition) is 3. The Bertz CT molecular complexity index is 745. The number of ether oxygens (including phenoxy) is 1. The first-order valence-corrected chi connectivity index (χ1v) is 9.65. The Hall–Kier alpha value is -2.40. The van der Waals surface area contributed by atoms with Crippen molar-refractivity contribution in [2.75, 3.05) is 19.7 Å². The smallest absolute Gasteiger partial charge is 0.220 e. The van der Waals surface area contributed by atoms with E-state index in [9.17, 15) is 9.18 Å². The van der Waals surface area contributed by atoms with Crippen LogP contribution in [0.1, 0.15) is 36.8 Å². The lowest BCUT2D eigenvalue weighted by Crippen LogP contribution is -2.25. The maximum Gasteiger partial charge on any atom is 0.220 e. The van der Waals surface area contributed by atoms with Gasteiger partial charge in [0.25, 0.3) is 0 Å². The zero-order chi connectivity index (χ0) is 18.9. The molecule has 0 unspecified atom stereocenters. The van der Waals surface area contributed by atoms with E-state index in [2.05, 4.69) is 28.4 Å². The zero-order valence-corrected chi connectivity index (χ0v) is 15.6. The second kappa shape index (κ2) is 10.1. The van der Waals surface area contributed by atoms with Crippen LogP contribution in [0.25, 0.3) is 0 Å². The van der Waals surface area contributed by atoms with Crippen molar-refractivity contribution >= 4 is 5.91 Å². The molecule has 1 aliphatic heterocycles. The zero-order valence-electron chi connectivity index (χ0n) is 15.6. The molecule has 0 spiro atoms. The minimum Gasteiger partial charge on any atom is -0.491 e. The molecule has 144 valence electrons. The van der Waals surface area contributed by atoms with E-state index in [4.69, 9.17) is 4.74 Å². The predicted molar refractivity (Wildman–Crippen MR) is 104 cm³/mol. The second-order valence-corrected chi connectivity index (χ2v) is 6.91. The minimum atomic E-state index is -0.378. The summed E-state index contributed by atoms with van der Waals surface area (Å²) in [6.07, 6.45) is 3.46. The normalized spacial score (nSPS) is 14.3. The lowest BCUT2D eigenvalue weighted by molar-refractivity contribution is -0.121. The Morgan fingerprint density at radius 1 is 1.04 bits per heavy atom. The average Bonchev–Trinajstić information content (AvgIpc) is 3.19. The lowest BCUT2D eigenvalue weighted by Gasteiger charge is -2.17. The van der Waals surface area contributed by atoms with Crippen molar-refractivity contribution in [3.05, 3.63) is 65.5 Å². The van der Waals surface area contributed by atoms with Gasteiger partial charge < -0.3 is 10.1 Å². The quantitative estimate of drug-likeness (QED) is 0.681. The number of carbonyl (C=O) groups excluding carboxylic acids is 1. The summed E-state index contributed by atoms with van der Waals surface area (Å²) in [7, 11) is 0. The fraction of sp³-hybridized carbons (Fsp3) is 0.409. The predicted octanol–water partition coefficient (Wildman–Crippen LogP) is 3.90. The Labute approximate surface area is 160 Å². The number of hydrogen-bond donors (Lipinski definition) is 1. The van der Waals surface area contributed by atoms with E-state index in [1.54, 1.807) is 18.2 Å². The highest BCUT2D eigenvalue weighted by Gasteiger charge is 2.13. The van der Waals surface area contributed by atoms with E-state index in [0.717, 1.165) is 19.6 Å². The number of halogens is 1. The Balaban J connectivity index is 1.39. The van der Waals surface area contributed by atoms with E-state index in [1.165, 1.54) is 30.0 Å². The van der Waals surface area contributed by atoms with Gasteiger partial charge in [-0.3, -0.25) is 9.69 Å². The Morgan fingerprint density at radius 3 is 2.52 bits per heavy atom. The minimum absolute atomic E-state index is 0.0110. The van der Waals surface area contributed by atoms with Crippen molar-refractivity contribution in [1.29, 1.82) is 0 Å². The average molecular weight is 370 g/mol. The van der Waals surface area contributed by atoms with Gasteiger partial charge in [-0.2, -0.15) is 0 Å². The molecule has 27 heavy (non-hydrogen) atoms. The number of para-hydroxylation sites is 1. The molecular formula is C22H27FN2O2. The summed E-state index contributed by atoms with van der Waals surface area (Å²) in [5.74, 6) is -0.159. The van der Waals surface area contributed by atoms with Crippen molar-refractivity contribution in [2.24, 2.45) is 0 Å². The lowest BCUT2D eigenvalue weighted by atomic mass is 10.1. The van der Waals surface area contributed by atoms with Crippen LogP contribution in [0.15, 0.2) is 48.5 Å². The van der Waals surface area contributed by atoms with E-state index in [-0.39, 0.29) is 17.5 Å². The van der Waals surface area contributed by atoms with Crippen LogP contribution in [0.5, 0.6) is 5.75 Å². The van der Waals surface area contributed by atoms with Crippen LogP contribution in [0.4, 0.5) is 4.39 Å². The molecule has 0 atom stereocenters. The highest BCUT2D eigenvalue weighted by Crippen LogP contribution is 2.17. The SMILES string of the molecule is O=C(CCCOc1ccccc1F)NCc1ccccc1CN1CCCC1. The van der Waals surface area contributed by atoms with Crippen molar-refractivity contribution in [1.82, 2.24) is 10.2 Å². The van der Waals surface area contributed by atoms with Gasteiger partial charge in [0, 0.05) is 19.5 Å². The van der Waals surface area contributed by atoms with Gasteiger partial charge in [-0.05, 0) is 55.6 Å². The standard InChI is InChI=1S/C22H27FN2O2/c23-20-10-3-4-11-21(20)27-15-7-12-22(26)24-16-18-8-1-2-9-19(18)17-25-13-5-6-14-25/h1-4,8-11H,5-7,12-17H2,(H,24,26). The molecule has 0 radical (unpaired) electrons. The molecule has 1 saturated heterocycles. The number of amides is 1. The van der Waals surface area contributed by atoms with Gasteiger partial charge >= 0.3 is 0 Å². The first kappa shape index (κ1) is 19.4. The topological polar surface area (TPSA) is 41.6 Å². The Morgan fingerprint density at radius 2 is 1.74 bits per heavy atom. The van der Waals surface area contributed by atoms with Crippen LogP contribution >= 0.6 is 0 Å². The number of rotatable bonds is 9. The third kappa shape index (κ3) is 6.07. The molecule has 0 aliphatic carbocycles. The van der Waals surface area contributed by atoms with Gasteiger partial charge in [-0.15, -0.1) is 0 Å². The largest absolute Gasteiger partial charge is 0.491 e. The molecule has 4 nitrogen and oxygen atoms in total. The molecule has 3 rings (SSSR count). The first-order valence-electron chi connectivity index (χ1n) is 9.65. The summed E-state index contributed by atoms with van der Waals surface area (Å²) in [6.45, 7) is 4.12. The molecule has 2 aromatic rings. The molecule has 0 aromatic heterocycles. The maximum absolute atomic E-state index is 13.5. The van der Waals surface area contributed by atoms with Crippen molar-refractivity contribution in [2.45, 2.75) is 38.8 Å². The van der Waals surface area contributed by atoms with E-state index in [1.807, 2.05) is 6.07 Å². The number of benzene rings is 2. The molecule has 1 amide bonds. The molecule has 1 N–H and O–H groups in total. The number of nitrogens with one attached hydrogen (secondary N) is 1. The van der Waals surface area contributed by atoms with E-state index < -0.39 is 0 Å². The number of carbonyl (C=O) groups is 1. The van der Waals surface area contributed by atoms with Crippen LogP contribution in [0, 0.1) is 5.82 Å². The second-order valence-electron chi connectivity index (χ2n) is 6.91. The highest BCUT2D eigenvalue weighted by molar-refractivity contribution is 5.75. The summed E-state index contributed by atoms with van der Waals surface area (Å²) in [5, 5.41) is 2.99. The van der Waals surface area contributed by atoms with Crippen molar-refractivity contribution in [3.63, 3.8) is 0 Å². The van der Waals surface area contributed by atoms with Crippen LogP contribution in [0.3, 0.4) is 0 Å². The molecule has 2 aromatic carbocycles. The van der Waals surface area contributed by atoms with Crippen molar-refractivity contribution in [3.8, 4) is 5.75 Å². The van der Waals surface area contributed by atoms with Gasteiger partial charge in [-0.25, -0.2) is 4.39 Å². The third-order valence-electron chi connectivity index (χ3n) is 4.83. The Kier molecular flexibility index (Phi) is 7.22. The summed E-state index contributed by atoms with van der Waals surface area (Å²) in [5.41, 5.74) is 2.45. The molecule has 1 heterocycles. The van der Waals surface area contributed by atoms with Crippen LogP contribution in [-0.4, -0.2) is 30.5 Å². The van der Waals surface area contributed by atoms with Gasteiger partial charge in [0.2, 0.25) is 5.91 Å². The van der Waals surface area contributed by atoms with Gasteiger partial charge in [0.1, 0.15) is 0 Å². The fourth-order valence-corrected chi connectivity index (χ4v) is 3.32. The fourth-order valence-electron chi connectivity index (χ4n) is 3.32. The molecule has 5 heteroatoms. The summed E-state index contributed by atoms with van der Waals surface area (Å²) < 4.78 is 18.8. The highest BCUT2D eigenvalue weighted by atomic mass is 19.1. The molecule has 1 fully saturated rings. The number of nitrogens with zero attached hydrogens (tertiary/aromatic N) is 1. The monoisotopic (exact) mass is 370 g/mol. The van der Waals surface area contributed by atoms with Gasteiger partial charge in [0.15, 0.2) is 11.6 Å². The molecule has 1 aliphatic rings. The summed E-state index contributed by atoms with van der Waals surface area (Å²) in [6, 6.07) is 14.6. The number of likely N-dealkylation sites (tertiary alicyclic amines) is 1. The van der Waals surface area contributed by atoms with Crippen LogP contribution < -0.4 is 10.1 Å². The van der Waals surface area contributed by atoms with Crippen molar-refractivity contribution < 1.29 is 13.9 Å². The van der Waals surface area contributed by atoms with E-state index in [0.29, 0.717) is 26.0 Å². The van der Waals surface area contributed by atoms with Gasteiger partial charge in [-0.1, -0.05) is 36.4 Å².